The van der Waals surface area contributed by atoms with Gasteiger partial charge in [-0.25, -0.2) is 4.79 Å². The standard InChI is InChI=1S/C11H17N3O2S/c1-7-4-9(6-12-10(7)15)14-11(16)13-5-8(2)17-3/h4,6,8H,5H2,1-3H3,(H,12,15)(H2,13,14,16)/t8-/m0/s1. The van der Waals surface area contributed by atoms with Gasteiger partial charge in [0, 0.05) is 23.6 Å². The maximum absolute atomic E-state index is 11.5. The Morgan fingerprint density at radius 2 is 2.29 bits per heavy atom. The number of pyridine rings is 1. The van der Waals surface area contributed by atoms with Gasteiger partial charge in [0.1, 0.15) is 0 Å². The zero-order valence-electron chi connectivity index (χ0n) is 10.2. The monoisotopic (exact) mass is 255 g/mol. The number of aromatic amines is 1. The van der Waals surface area contributed by atoms with Gasteiger partial charge in [-0.05, 0) is 19.2 Å². The molecule has 0 unspecified atom stereocenters. The number of carbonyl (C=O) groups is 1. The van der Waals surface area contributed by atoms with Gasteiger partial charge < -0.3 is 15.6 Å². The lowest BCUT2D eigenvalue weighted by Crippen LogP contribution is -2.33. The lowest BCUT2D eigenvalue weighted by Gasteiger charge is -2.11. The fourth-order valence-corrected chi connectivity index (χ4v) is 1.41. The molecular weight excluding hydrogens is 238 g/mol. The fraction of sp³-hybridized carbons (Fsp3) is 0.455. The van der Waals surface area contributed by atoms with Gasteiger partial charge in [-0.1, -0.05) is 6.92 Å². The van der Waals surface area contributed by atoms with Crippen LogP contribution in [-0.2, 0) is 0 Å². The van der Waals surface area contributed by atoms with Crippen molar-refractivity contribution < 1.29 is 4.79 Å². The van der Waals surface area contributed by atoms with E-state index in [0.29, 0.717) is 23.0 Å². The quantitative estimate of drug-likeness (QED) is 0.764. The van der Waals surface area contributed by atoms with Crippen LogP contribution in [0.4, 0.5) is 10.5 Å². The molecule has 6 heteroatoms. The van der Waals surface area contributed by atoms with Gasteiger partial charge in [-0.15, -0.1) is 0 Å². The molecule has 1 aromatic rings. The molecule has 0 spiro atoms. The summed E-state index contributed by atoms with van der Waals surface area (Å²) in [6, 6.07) is 1.37. The fourth-order valence-electron chi connectivity index (χ4n) is 1.16. The number of anilines is 1. The number of carbonyl (C=O) groups excluding carboxylic acids is 1. The maximum Gasteiger partial charge on any atom is 0.319 e. The predicted octanol–water partition coefficient (Wildman–Crippen LogP) is 1.56. The highest BCUT2D eigenvalue weighted by atomic mass is 32.2. The third-order valence-electron chi connectivity index (χ3n) is 2.30. The summed E-state index contributed by atoms with van der Waals surface area (Å²) < 4.78 is 0. The van der Waals surface area contributed by atoms with Crippen LogP contribution in [-0.4, -0.2) is 29.1 Å². The van der Waals surface area contributed by atoms with Gasteiger partial charge in [0.05, 0.1) is 5.69 Å². The van der Waals surface area contributed by atoms with Crippen molar-refractivity contribution in [2.24, 2.45) is 0 Å². The van der Waals surface area contributed by atoms with Gasteiger partial charge in [0.2, 0.25) is 0 Å². The highest BCUT2D eigenvalue weighted by Gasteiger charge is 2.05. The molecule has 0 bridgehead atoms. The highest BCUT2D eigenvalue weighted by Crippen LogP contribution is 2.05. The SMILES string of the molecule is CS[C@@H](C)CNC(=O)Nc1c[nH]c(=O)c(C)c1. The summed E-state index contributed by atoms with van der Waals surface area (Å²) in [6.45, 7) is 4.34. The molecule has 0 aromatic carbocycles. The second-order valence-electron chi connectivity index (χ2n) is 3.78. The lowest BCUT2D eigenvalue weighted by atomic mass is 10.3. The van der Waals surface area contributed by atoms with Gasteiger partial charge in [0.25, 0.3) is 5.56 Å². The first-order chi connectivity index (χ1) is 8.02. The summed E-state index contributed by atoms with van der Waals surface area (Å²) >= 11 is 1.69. The molecule has 1 heterocycles. The van der Waals surface area contributed by atoms with Crippen molar-refractivity contribution in [2.75, 3.05) is 18.1 Å². The van der Waals surface area contributed by atoms with E-state index in [0.717, 1.165) is 0 Å². The first kappa shape index (κ1) is 13.6. The Labute approximate surface area is 104 Å². The third kappa shape index (κ3) is 4.52. The van der Waals surface area contributed by atoms with E-state index in [1.165, 1.54) is 6.20 Å². The summed E-state index contributed by atoms with van der Waals surface area (Å²) in [5, 5.41) is 5.79. The van der Waals surface area contributed by atoms with Crippen LogP contribution >= 0.6 is 11.8 Å². The molecule has 1 rings (SSSR count). The van der Waals surface area contributed by atoms with Crippen molar-refractivity contribution in [3.63, 3.8) is 0 Å². The average Bonchev–Trinajstić information content (AvgIpc) is 2.31. The molecule has 2 amide bonds. The Bertz CT molecular complexity index is 445. The van der Waals surface area contributed by atoms with Crippen molar-refractivity contribution >= 4 is 23.5 Å². The Morgan fingerprint density at radius 1 is 1.59 bits per heavy atom. The van der Waals surface area contributed by atoms with E-state index in [1.54, 1.807) is 24.8 Å². The number of rotatable bonds is 4. The van der Waals surface area contributed by atoms with E-state index >= 15 is 0 Å². The number of aryl methyl sites for hydroxylation is 1. The molecule has 5 nitrogen and oxygen atoms in total. The van der Waals surface area contributed by atoms with Crippen molar-refractivity contribution in [1.29, 1.82) is 0 Å². The van der Waals surface area contributed by atoms with Crippen molar-refractivity contribution in [3.8, 4) is 0 Å². The van der Waals surface area contributed by atoms with Crippen LogP contribution in [0.1, 0.15) is 12.5 Å². The molecule has 1 aromatic heterocycles. The minimum absolute atomic E-state index is 0.146. The molecule has 0 saturated heterocycles. The number of nitrogens with one attached hydrogen (secondary N) is 3. The second-order valence-corrected chi connectivity index (χ2v) is 5.06. The number of hydrogen-bond acceptors (Lipinski definition) is 3. The Morgan fingerprint density at radius 3 is 2.88 bits per heavy atom. The predicted molar refractivity (Wildman–Crippen MR) is 71.8 cm³/mol. The number of H-pyrrole nitrogens is 1. The molecular formula is C11H17N3O2S. The van der Waals surface area contributed by atoms with E-state index in [2.05, 4.69) is 15.6 Å². The normalized spacial score (nSPS) is 11.9. The maximum atomic E-state index is 11.5. The van der Waals surface area contributed by atoms with Crippen LogP contribution < -0.4 is 16.2 Å². The Kier molecular flexibility index (Phi) is 5.09. The first-order valence-electron chi connectivity index (χ1n) is 5.30. The summed E-state index contributed by atoms with van der Waals surface area (Å²) in [5.41, 5.74) is 1.00. The van der Waals surface area contributed by atoms with Crippen molar-refractivity contribution in [3.05, 3.63) is 28.2 Å². The molecule has 0 aliphatic heterocycles. The molecule has 3 N–H and O–H groups in total. The van der Waals surface area contributed by atoms with Crippen LogP contribution in [0.2, 0.25) is 0 Å². The minimum atomic E-state index is -0.266. The molecule has 0 fully saturated rings. The largest absolute Gasteiger partial charge is 0.337 e. The average molecular weight is 255 g/mol. The van der Waals surface area contributed by atoms with E-state index < -0.39 is 0 Å². The molecule has 1 atom stereocenters. The van der Waals surface area contributed by atoms with E-state index in [1.807, 2.05) is 13.2 Å². The number of urea groups is 1. The van der Waals surface area contributed by atoms with Crippen LogP contribution in [0.15, 0.2) is 17.1 Å². The number of thioether (sulfide) groups is 1. The number of amides is 2. The van der Waals surface area contributed by atoms with Crippen LogP contribution in [0.5, 0.6) is 0 Å². The molecule has 0 saturated carbocycles. The molecule has 94 valence electrons. The van der Waals surface area contributed by atoms with Crippen LogP contribution in [0.3, 0.4) is 0 Å². The van der Waals surface area contributed by atoms with Crippen molar-refractivity contribution in [2.45, 2.75) is 19.1 Å². The van der Waals surface area contributed by atoms with Crippen LogP contribution in [0, 0.1) is 6.92 Å². The topological polar surface area (TPSA) is 74.0 Å². The van der Waals surface area contributed by atoms with Gasteiger partial charge in [-0.3, -0.25) is 4.79 Å². The Hall–Kier alpha value is -1.43. The molecule has 0 aliphatic carbocycles. The third-order valence-corrected chi connectivity index (χ3v) is 3.27. The summed E-state index contributed by atoms with van der Waals surface area (Å²) in [5.74, 6) is 0. The first-order valence-corrected chi connectivity index (χ1v) is 6.58. The molecule has 0 radical (unpaired) electrons. The lowest BCUT2D eigenvalue weighted by molar-refractivity contribution is 0.252. The van der Waals surface area contributed by atoms with Gasteiger partial charge in [-0.2, -0.15) is 11.8 Å². The zero-order valence-corrected chi connectivity index (χ0v) is 11.0. The van der Waals surface area contributed by atoms with E-state index in [9.17, 15) is 9.59 Å². The molecule has 0 aliphatic rings. The highest BCUT2D eigenvalue weighted by molar-refractivity contribution is 7.99. The smallest absolute Gasteiger partial charge is 0.319 e. The van der Waals surface area contributed by atoms with Crippen molar-refractivity contribution in [1.82, 2.24) is 10.3 Å². The molecule has 17 heavy (non-hydrogen) atoms. The Balaban J connectivity index is 2.50. The summed E-state index contributed by atoms with van der Waals surface area (Å²) in [7, 11) is 0. The van der Waals surface area contributed by atoms with Gasteiger partial charge in [0.15, 0.2) is 0 Å². The number of hydrogen-bond donors (Lipinski definition) is 3. The minimum Gasteiger partial charge on any atom is -0.337 e. The van der Waals surface area contributed by atoms with Gasteiger partial charge >= 0.3 is 6.03 Å². The summed E-state index contributed by atoms with van der Waals surface area (Å²) in [4.78, 5) is 25.2. The van der Waals surface area contributed by atoms with E-state index in [-0.39, 0.29) is 11.6 Å². The van der Waals surface area contributed by atoms with E-state index in [4.69, 9.17) is 0 Å². The number of aromatic nitrogens is 1. The summed E-state index contributed by atoms with van der Waals surface area (Å²) in [6.07, 6.45) is 3.47. The zero-order chi connectivity index (χ0) is 12.8. The second kappa shape index (κ2) is 6.34. The van der Waals surface area contributed by atoms with Crippen LogP contribution in [0.25, 0.3) is 0 Å².